The van der Waals surface area contributed by atoms with E-state index < -0.39 is 0 Å². The van der Waals surface area contributed by atoms with Crippen LogP contribution >= 0.6 is 0 Å². The van der Waals surface area contributed by atoms with Crippen molar-refractivity contribution in [2.45, 2.75) is 46.5 Å². The van der Waals surface area contributed by atoms with E-state index in [1.807, 2.05) is 0 Å². The van der Waals surface area contributed by atoms with Crippen LogP contribution < -0.4 is 0 Å². The number of fused-ring (bicyclic) bond motifs is 2. The molecule has 0 aliphatic heterocycles. The zero-order chi connectivity index (χ0) is 12.2. The average molecular weight is 434 g/mol. The summed E-state index contributed by atoms with van der Waals surface area (Å²) in [7, 11) is 0. The van der Waals surface area contributed by atoms with Gasteiger partial charge in [-0.3, -0.25) is 0 Å². The Labute approximate surface area is 144 Å². The third-order valence-corrected chi connectivity index (χ3v) is 4.09. The first kappa shape index (κ1) is 19.7. The van der Waals surface area contributed by atoms with Gasteiger partial charge in [0.15, 0.2) is 0 Å². The quantitative estimate of drug-likeness (QED) is 0.399. The van der Waals surface area contributed by atoms with Crippen molar-refractivity contribution in [3.63, 3.8) is 0 Å². The molecule has 1 aliphatic rings. The zero-order valence-corrected chi connectivity index (χ0v) is 17.4. The molecule has 0 aromatic heterocycles. The molecule has 1 aliphatic carbocycles. The molecule has 0 saturated heterocycles. The molecule has 0 amide bonds. The molecule has 0 nitrogen and oxygen atoms in total. The van der Waals surface area contributed by atoms with E-state index in [2.05, 4.69) is 52.0 Å². The maximum Gasteiger partial charge on any atom is 0 e. The van der Waals surface area contributed by atoms with Gasteiger partial charge in [-0.1, -0.05) is 44.7 Å². The minimum atomic E-state index is 0. The molecule has 1 heteroatoms. The van der Waals surface area contributed by atoms with Gasteiger partial charge in [0.05, 0.1) is 0 Å². The van der Waals surface area contributed by atoms with Crippen molar-refractivity contribution in [2.75, 3.05) is 0 Å². The van der Waals surface area contributed by atoms with Crippen LogP contribution in [-0.4, -0.2) is 0 Å². The summed E-state index contributed by atoms with van der Waals surface area (Å²) in [6, 6.07) is 9.46. The average Bonchev–Trinajstić information content (AvgIpc) is 2.71. The Kier molecular flexibility index (Phi) is 6.54. The summed E-state index contributed by atoms with van der Waals surface area (Å²) in [5.74, 6) is 0.625. The van der Waals surface area contributed by atoms with Crippen LogP contribution in [0, 0.1) is 20.3 Å². The molecule has 0 saturated carbocycles. The first-order valence-electron chi connectivity index (χ1n) is 6.67. The maximum absolute atomic E-state index is 2.45. The van der Waals surface area contributed by atoms with Gasteiger partial charge < -0.3 is 14.9 Å². The van der Waals surface area contributed by atoms with E-state index in [1.54, 1.807) is 11.1 Å². The normalized spacial score (nSPS) is 15.2. The van der Waals surface area contributed by atoms with Crippen LogP contribution in [0.5, 0.6) is 0 Å². The molecule has 0 atom stereocenters. The zero-order valence-electron chi connectivity index (χ0n) is 13.8. The van der Waals surface area contributed by atoms with E-state index in [9.17, 15) is 0 Å². The van der Waals surface area contributed by atoms with Crippen LogP contribution in [0.25, 0.3) is 10.8 Å². The standard InChI is InChI=1S/C17H21.2CH3.Hf/c1-11(2)15-6-5-12-7-13-9-17(3,4)10-14(13)8-16(12)15;;;/h5-8,11H,9-10H2,1-4H3;2*1H3;/q3*-1;. The second-order valence-electron chi connectivity index (χ2n) is 6.67. The van der Waals surface area contributed by atoms with Gasteiger partial charge in [-0.2, -0.15) is 6.07 Å². The molecule has 2 aromatic rings. The fraction of sp³-hybridized carbons (Fsp3) is 0.421. The summed E-state index contributed by atoms with van der Waals surface area (Å²) < 4.78 is 0. The molecule has 2 aromatic carbocycles. The molecule has 0 heterocycles. The Morgan fingerprint density at radius 1 is 1.05 bits per heavy atom. The molecule has 0 spiro atoms. The summed E-state index contributed by atoms with van der Waals surface area (Å²) >= 11 is 0. The van der Waals surface area contributed by atoms with Gasteiger partial charge >= 0.3 is 0 Å². The molecule has 0 N–H and O–H groups in total. The third-order valence-electron chi connectivity index (χ3n) is 4.09. The van der Waals surface area contributed by atoms with Gasteiger partial charge in [-0.05, 0) is 18.3 Å². The van der Waals surface area contributed by atoms with E-state index >= 15 is 0 Å². The summed E-state index contributed by atoms with van der Waals surface area (Å²) in [5, 5.41) is 2.92. The van der Waals surface area contributed by atoms with Crippen LogP contribution in [0.2, 0.25) is 0 Å². The van der Waals surface area contributed by atoms with Gasteiger partial charge in [0.25, 0.3) is 0 Å². The van der Waals surface area contributed by atoms with Crippen molar-refractivity contribution in [1.82, 2.24) is 0 Å². The molecular weight excluding hydrogens is 407 g/mol. The minimum Gasteiger partial charge on any atom is -0.358 e. The number of hydrogen-bond acceptors (Lipinski definition) is 0. The SMILES string of the molecule is CC(C)[c-]1ccc2cc3c(cc21)CC(C)(C)C3.[CH3-].[CH3-].[Hf]. The maximum atomic E-state index is 2.45. The van der Waals surface area contributed by atoms with E-state index in [1.165, 1.54) is 29.2 Å². The summed E-state index contributed by atoms with van der Waals surface area (Å²) in [4.78, 5) is 0. The number of rotatable bonds is 1. The third kappa shape index (κ3) is 3.30. The van der Waals surface area contributed by atoms with Gasteiger partial charge in [-0.25, -0.2) is 0 Å². The first-order valence-corrected chi connectivity index (χ1v) is 6.67. The second-order valence-corrected chi connectivity index (χ2v) is 6.67. The first-order chi connectivity index (χ1) is 7.96. The van der Waals surface area contributed by atoms with Crippen LogP contribution in [0.15, 0.2) is 24.3 Å². The Hall–Kier alpha value is -0.300. The van der Waals surface area contributed by atoms with Crippen molar-refractivity contribution in [2.24, 2.45) is 5.41 Å². The molecule has 0 fully saturated rings. The second kappa shape index (κ2) is 6.64. The number of benzene rings is 1. The summed E-state index contributed by atoms with van der Waals surface area (Å²) in [6.45, 7) is 9.32. The topological polar surface area (TPSA) is 0 Å². The van der Waals surface area contributed by atoms with Crippen LogP contribution in [-0.2, 0) is 38.7 Å². The predicted molar refractivity (Wildman–Crippen MR) is 87.6 cm³/mol. The Morgan fingerprint density at radius 2 is 1.60 bits per heavy atom. The van der Waals surface area contributed by atoms with Crippen molar-refractivity contribution in [1.29, 1.82) is 0 Å². The molecular formula is C19H27Hf-3. The molecule has 0 unspecified atom stereocenters. The fourth-order valence-electron chi connectivity index (χ4n) is 3.29. The van der Waals surface area contributed by atoms with Crippen molar-refractivity contribution in [3.05, 3.63) is 55.8 Å². The number of hydrogen-bond donors (Lipinski definition) is 0. The molecule has 3 rings (SSSR count). The van der Waals surface area contributed by atoms with Gasteiger partial charge in [0.1, 0.15) is 0 Å². The van der Waals surface area contributed by atoms with Crippen LogP contribution in [0.3, 0.4) is 0 Å². The van der Waals surface area contributed by atoms with Crippen molar-refractivity contribution >= 4 is 10.8 Å². The van der Waals surface area contributed by atoms with Gasteiger partial charge in [-0.15, -0.1) is 34.5 Å². The molecule has 0 radical (unpaired) electrons. The Morgan fingerprint density at radius 3 is 2.15 bits per heavy atom. The Bertz CT molecular complexity index is 573. The monoisotopic (exact) mass is 435 g/mol. The predicted octanol–water partition coefficient (Wildman–Crippen LogP) is 5.70. The van der Waals surface area contributed by atoms with E-state index in [-0.39, 0.29) is 40.7 Å². The largest absolute Gasteiger partial charge is 0.358 e. The van der Waals surface area contributed by atoms with Gasteiger partial charge in [0, 0.05) is 25.8 Å². The van der Waals surface area contributed by atoms with Crippen molar-refractivity contribution < 1.29 is 25.8 Å². The Balaban J connectivity index is 0.00000120. The van der Waals surface area contributed by atoms with E-state index in [0.717, 1.165) is 0 Å². The smallest absolute Gasteiger partial charge is 0 e. The van der Waals surface area contributed by atoms with Gasteiger partial charge in [0.2, 0.25) is 0 Å². The fourth-order valence-corrected chi connectivity index (χ4v) is 3.29. The molecule has 110 valence electrons. The van der Waals surface area contributed by atoms with Crippen LogP contribution in [0.4, 0.5) is 0 Å². The van der Waals surface area contributed by atoms with Crippen molar-refractivity contribution in [3.8, 4) is 0 Å². The summed E-state index contributed by atoms with van der Waals surface area (Å²) in [6.07, 6.45) is 2.47. The molecule has 0 bridgehead atoms. The van der Waals surface area contributed by atoms with E-state index in [0.29, 0.717) is 11.3 Å². The molecule has 20 heavy (non-hydrogen) atoms. The van der Waals surface area contributed by atoms with E-state index in [4.69, 9.17) is 0 Å². The van der Waals surface area contributed by atoms with Crippen LogP contribution in [0.1, 0.15) is 50.3 Å². The summed E-state index contributed by atoms with van der Waals surface area (Å²) in [5.41, 5.74) is 5.12. The minimum absolute atomic E-state index is 0.